The lowest BCUT2D eigenvalue weighted by atomic mass is 10.0. The number of nitriles is 2. The van der Waals surface area contributed by atoms with E-state index in [1.165, 1.54) is 21.9 Å². The number of hydrogen-bond donors (Lipinski definition) is 0. The van der Waals surface area contributed by atoms with Crippen molar-refractivity contribution in [1.82, 2.24) is 19.7 Å². The van der Waals surface area contributed by atoms with E-state index in [9.17, 15) is 28.0 Å². The van der Waals surface area contributed by atoms with Gasteiger partial charge in [0.05, 0.1) is 59.3 Å². The Bertz CT molecular complexity index is 1570. The number of nitrogens with zero attached hydrogens (tertiary/aromatic N) is 7. The molecule has 2 atom stereocenters. The number of amides is 3. The molecule has 0 bridgehead atoms. The van der Waals surface area contributed by atoms with E-state index in [1.54, 1.807) is 19.4 Å². The minimum Gasteiger partial charge on any atom is -0.315 e. The Morgan fingerprint density at radius 1 is 1.16 bits per heavy atom. The highest BCUT2D eigenvalue weighted by atomic mass is 32.2. The monoisotopic (exact) mass is 523 g/mol. The second kappa shape index (κ2) is 8.94. The molecule has 4 heterocycles. The quantitative estimate of drug-likeness (QED) is 0.506. The summed E-state index contributed by atoms with van der Waals surface area (Å²) in [4.78, 5) is 34.1. The summed E-state index contributed by atoms with van der Waals surface area (Å²) in [5.74, 6) is -0.583. The normalized spacial score (nSPS) is 19.6. The first kappa shape index (κ1) is 24.3. The predicted molar refractivity (Wildman–Crippen MR) is 128 cm³/mol. The van der Waals surface area contributed by atoms with E-state index < -0.39 is 35.0 Å². The van der Waals surface area contributed by atoms with Gasteiger partial charge in [0.2, 0.25) is 0 Å². The van der Waals surface area contributed by atoms with Crippen molar-refractivity contribution in [2.75, 3.05) is 11.4 Å². The molecule has 186 valence electrons. The summed E-state index contributed by atoms with van der Waals surface area (Å²) < 4.78 is 41.7. The third kappa shape index (κ3) is 3.97. The van der Waals surface area contributed by atoms with E-state index in [2.05, 4.69) is 10.1 Å². The van der Waals surface area contributed by atoms with Crippen molar-refractivity contribution in [3.63, 3.8) is 0 Å². The molecule has 0 spiro atoms. The Morgan fingerprint density at radius 2 is 1.95 bits per heavy atom. The SMILES string of the molecule is Cn1ncc2cncc(N3C(=O)C4SC(c5cc(C(F)(F)F)ccc5C#N)=CC4N(CCC#N)C3=O)c21. The van der Waals surface area contributed by atoms with E-state index in [0.717, 1.165) is 34.9 Å². The maximum Gasteiger partial charge on any atom is 0.416 e. The summed E-state index contributed by atoms with van der Waals surface area (Å²) in [6.45, 7) is -0.00684. The summed E-state index contributed by atoms with van der Waals surface area (Å²) in [6, 6.07) is 5.17. The zero-order chi connectivity index (χ0) is 26.5. The number of rotatable bonds is 4. The van der Waals surface area contributed by atoms with Crippen LogP contribution >= 0.6 is 11.8 Å². The summed E-state index contributed by atoms with van der Waals surface area (Å²) in [5, 5.41) is 22.6. The molecule has 0 N–H and O–H groups in total. The van der Waals surface area contributed by atoms with E-state index in [0.29, 0.717) is 10.9 Å². The highest BCUT2D eigenvalue weighted by molar-refractivity contribution is 8.09. The van der Waals surface area contributed by atoms with Gasteiger partial charge in [0.25, 0.3) is 5.91 Å². The zero-order valence-corrected chi connectivity index (χ0v) is 19.9. The molecule has 0 radical (unpaired) electrons. The minimum atomic E-state index is -4.63. The average molecular weight is 524 g/mol. The lowest BCUT2D eigenvalue weighted by molar-refractivity contribution is -0.137. The molecule has 3 amide bonds. The van der Waals surface area contributed by atoms with Gasteiger partial charge in [-0.15, -0.1) is 11.8 Å². The molecule has 2 aromatic heterocycles. The molecule has 2 aliphatic heterocycles. The van der Waals surface area contributed by atoms with Gasteiger partial charge in [-0.1, -0.05) is 0 Å². The van der Waals surface area contributed by atoms with Crippen LogP contribution in [0.4, 0.5) is 23.7 Å². The number of aryl methyl sites for hydroxylation is 1. The first-order valence-corrected chi connectivity index (χ1v) is 11.8. The molecule has 13 heteroatoms. The number of fused-ring (bicyclic) bond motifs is 2. The van der Waals surface area contributed by atoms with Crippen molar-refractivity contribution in [2.24, 2.45) is 7.05 Å². The number of thioether (sulfide) groups is 1. The third-order valence-corrected chi connectivity index (χ3v) is 7.55. The Morgan fingerprint density at radius 3 is 2.65 bits per heavy atom. The van der Waals surface area contributed by atoms with Crippen molar-refractivity contribution in [1.29, 1.82) is 10.5 Å². The van der Waals surface area contributed by atoms with Crippen LogP contribution in [-0.4, -0.2) is 49.4 Å². The maximum atomic E-state index is 13.7. The summed E-state index contributed by atoms with van der Waals surface area (Å²) in [6.07, 6.45) is 1.34. The van der Waals surface area contributed by atoms with E-state index in [1.807, 2.05) is 12.1 Å². The molecule has 1 fully saturated rings. The second-order valence-electron chi connectivity index (χ2n) is 8.35. The van der Waals surface area contributed by atoms with Gasteiger partial charge in [0, 0.05) is 35.6 Å². The standard InChI is InChI=1S/C24H16F3N7O2S/c1-32-20-14(11-31-32)10-30-12-18(20)34-22(35)21-17(33(23(34)36)6-2-5-28)8-19(37-21)16-7-15(24(25,26)27)4-3-13(16)9-29/h3-4,7-8,10-12,17,21H,2,6H2,1H3. The van der Waals surface area contributed by atoms with Gasteiger partial charge in [-0.05, 0) is 24.3 Å². The van der Waals surface area contributed by atoms with E-state index in [4.69, 9.17) is 5.26 Å². The molecule has 3 aromatic rings. The van der Waals surface area contributed by atoms with Crippen LogP contribution in [0, 0.1) is 22.7 Å². The number of carbonyl (C=O) groups excluding carboxylic acids is 2. The fourth-order valence-electron chi connectivity index (χ4n) is 4.50. The summed E-state index contributed by atoms with van der Waals surface area (Å²) in [5.41, 5.74) is -0.195. The number of imide groups is 1. The largest absolute Gasteiger partial charge is 0.416 e. The lowest BCUT2D eigenvalue weighted by Gasteiger charge is -2.40. The fraction of sp³-hybridized carbons (Fsp3) is 0.250. The van der Waals surface area contributed by atoms with Gasteiger partial charge < -0.3 is 4.90 Å². The molecule has 5 rings (SSSR count). The van der Waals surface area contributed by atoms with E-state index in [-0.39, 0.29) is 34.7 Å². The van der Waals surface area contributed by atoms with Gasteiger partial charge in [-0.3, -0.25) is 14.5 Å². The molecular formula is C24H16F3N7O2S. The second-order valence-corrected chi connectivity index (χ2v) is 9.54. The van der Waals surface area contributed by atoms with Crippen LogP contribution in [-0.2, 0) is 18.0 Å². The third-order valence-electron chi connectivity index (χ3n) is 6.21. The highest BCUT2D eigenvalue weighted by Crippen LogP contribution is 2.47. The zero-order valence-electron chi connectivity index (χ0n) is 19.1. The Hall–Kier alpha value is -4.36. The summed E-state index contributed by atoms with van der Waals surface area (Å²) >= 11 is 0.986. The topological polar surface area (TPSA) is 119 Å². The number of urea groups is 1. The molecular weight excluding hydrogens is 507 g/mol. The van der Waals surface area contributed by atoms with Crippen LogP contribution < -0.4 is 4.90 Å². The smallest absolute Gasteiger partial charge is 0.315 e. The van der Waals surface area contributed by atoms with Gasteiger partial charge in [-0.2, -0.15) is 28.8 Å². The van der Waals surface area contributed by atoms with Gasteiger partial charge in [0.15, 0.2) is 0 Å². The lowest BCUT2D eigenvalue weighted by Crippen LogP contribution is -2.62. The number of aromatic nitrogens is 3. The van der Waals surface area contributed by atoms with Gasteiger partial charge >= 0.3 is 12.2 Å². The number of alkyl halides is 3. The van der Waals surface area contributed by atoms with Crippen molar-refractivity contribution in [3.8, 4) is 12.1 Å². The molecule has 0 saturated carbocycles. The van der Waals surface area contributed by atoms with E-state index >= 15 is 0 Å². The predicted octanol–water partition coefficient (Wildman–Crippen LogP) is 4.07. The molecule has 37 heavy (non-hydrogen) atoms. The van der Waals surface area contributed by atoms with Crippen LogP contribution in [0.25, 0.3) is 15.8 Å². The van der Waals surface area contributed by atoms with Crippen LogP contribution in [0.5, 0.6) is 0 Å². The van der Waals surface area contributed by atoms with Crippen LogP contribution in [0.2, 0.25) is 0 Å². The Kier molecular flexibility index (Phi) is 5.88. The number of halogens is 3. The number of carbonyl (C=O) groups is 2. The van der Waals surface area contributed by atoms with Crippen LogP contribution in [0.1, 0.15) is 23.1 Å². The summed E-state index contributed by atoms with van der Waals surface area (Å²) in [7, 11) is 1.65. The molecule has 0 aliphatic carbocycles. The first-order chi connectivity index (χ1) is 17.7. The Labute approximate surface area is 212 Å². The fourth-order valence-corrected chi connectivity index (χ4v) is 5.86. The molecule has 2 unspecified atom stereocenters. The van der Waals surface area contributed by atoms with Crippen LogP contribution in [0.3, 0.4) is 0 Å². The van der Waals surface area contributed by atoms with Crippen LogP contribution in [0.15, 0.2) is 42.9 Å². The number of pyridine rings is 1. The number of anilines is 1. The number of benzene rings is 1. The van der Waals surface area contributed by atoms with Crippen molar-refractivity contribution < 1.29 is 22.8 Å². The minimum absolute atomic E-state index is 0.00684. The molecule has 2 aliphatic rings. The van der Waals surface area contributed by atoms with Crippen molar-refractivity contribution >= 4 is 45.2 Å². The average Bonchev–Trinajstić information content (AvgIpc) is 3.48. The molecule has 1 saturated heterocycles. The van der Waals surface area contributed by atoms with Gasteiger partial charge in [-0.25, -0.2) is 9.69 Å². The van der Waals surface area contributed by atoms with Gasteiger partial charge in [0.1, 0.15) is 5.25 Å². The Balaban J connectivity index is 1.61. The molecule has 9 nitrogen and oxygen atoms in total. The number of hydrogen-bond acceptors (Lipinski definition) is 7. The maximum absolute atomic E-state index is 13.7. The van der Waals surface area contributed by atoms with Crippen molar-refractivity contribution in [3.05, 3.63) is 59.6 Å². The van der Waals surface area contributed by atoms with Crippen molar-refractivity contribution in [2.45, 2.75) is 23.9 Å². The molecule has 1 aromatic carbocycles. The highest BCUT2D eigenvalue weighted by Gasteiger charge is 2.50. The first-order valence-electron chi connectivity index (χ1n) is 10.9.